The van der Waals surface area contributed by atoms with Crippen LogP contribution in [0.1, 0.15) is 20.8 Å². The molecule has 0 spiro atoms. The molecule has 2 atom stereocenters. The largest absolute Gasteiger partial charge is 0.513 e. The highest BCUT2D eigenvalue weighted by atomic mass is 31.2. The van der Waals surface area contributed by atoms with Crippen LogP contribution in [-0.4, -0.2) is 23.0 Å². The number of carbonyl (C=O) groups is 1. The van der Waals surface area contributed by atoms with Gasteiger partial charge in [0.05, 0.1) is 11.0 Å². The van der Waals surface area contributed by atoms with Crippen molar-refractivity contribution < 1.29 is 28.1 Å². The zero-order valence-electron chi connectivity index (χ0n) is 17.8. The van der Waals surface area contributed by atoms with E-state index < -0.39 is 24.7 Å². The van der Waals surface area contributed by atoms with Crippen LogP contribution in [0, 0.1) is 10.1 Å². The lowest BCUT2D eigenvalue weighted by molar-refractivity contribution is -0.384. The maximum Gasteiger partial charge on any atom is 0.513 e. The molecule has 0 fully saturated rings. The number of nitro groups is 1. The summed E-state index contributed by atoms with van der Waals surface area (Å²) in [5.41, 5.74) is -0.149. The topological polar surface area (TPSA) is 117 Å². The molecule has 0 aliphatic heterocycles. The van der Waals surface area contributed by atoms with Crippen LogP contribution < -0.4 is 14.1 Å². The highest BCUT2D eigenvalue weighted by molar-refractivity contribution is 7.52. The van der Waals surface area contributed by atoms with E-state index in [1.807, 2.05) is 24.3 Å². The molecule has 3 aromatic carbocycles. The fourth-order valence-electron chi connectivity index (χ4n) is 2.83. The molecule has 0 bridgehead atoms. The Morgan fingerprint density at radius 1 is 0.938 bits per heavy atom. The zero-order valence-corrected chi connectivity index (χ0v) is 18.7. The molecule has 0 saturated heterocycles. The lowest BCUT2D eigenvalue weighted by atomic mass is 10.1. The van der Waals surface area contributed by atoms with Crippen LogP contribution in [-0.2, 0) is 14.1 Å². The Morgan fingerprint density at radius 3 is 2.16 bits per heavy atom. The number of carbonyl (C=O) groups excluding carboxylic acids is 1. The molecule has 168 valence electrons. The third-order valence-corrected chi connectivity index (χ3v) is 5.88. The molecule has 0 saturated carbocycles. The van der Waals surface area contributed by atoms with Crippen molar-refractivity contribution >= 4 is 30.2 Å². The Hall–Kier alpha value is -3.42. The summed E-state index contributed by atoms with van der Waals surface area (Å²) in [6.07, 6.45) is -0.358. The molecule has 9 nitrogen and oxygen atoms in total. The number of nitrogens with one attached hydrogen (secondary N) is 1. The van der Waals surface area contributed by atoms with Crippen molar-refractivity contribution in [3.05, 3.63) is 76.8 Å². The third-order valence-electron chi connectivity index (χ3n) is 4.28. The van der Waals surface area contributed by atoms with Crippen molar-refractivity contribution in [1.29, 1.82) is 0 Å². The first-order chi connectivity index (χ1) is 15.1. The van der Waals surface area contributed by atoms with Crippen molar-refractivity contribution in [1.82, 2.24) is 5.09 Å². The summed E-state index contributed by atoms with van der Waals surface area (Å²) < 4.78 is 30.0. The number of hydrogen-bond acceptors (Lipinski definition) is 7. The first-order valence-corrected chi connectivity index (χ1v) is 11.4. The molecule has 0 aromatic heterocycles. The standard InChI is InChI=1S/C22H23N2O7P/c1-15(2)29-22(25)16(3)23-32(28,30-20-12-9-19(10-13-20)24(26)27)31-21-11-8-17-6-4-5-7-18(17)14-21/h4-16H,1-3H3,(H,23,28)/t16-,32?/m0/s1. The van der Waals surface area contributed by atoms with E-state index in [1.54, 1.807) is 32.0 Å². The monoisotopic (exact) mass is 458 g/mol. The van der Waals surface area contributed by atoms with Gasteiger partial charge in [0.2, 0.25) is 0 Å². The molecule has 1 N–H and O–H groups in total. The van der Waals surface area contributed by atoms with Gasteiger partial charge in [-0.15, -0.1) is 0 Å². The molecule has 0 amide bonds. The fourth-order valence-corrected chi connectivity index (χ4v) is 4.34. The number of ether oxygens (including phenoxy) is 1. The Morgan fingerprint density at radius 2 is 1.53 bits per heavy atom. The average Bonchev–Trinajstić information content (AvgIpc) is 2.73. The van der Waals surface area contributed by atoms with E-state index in [2.05, 4.69) is 5.09 Å². The van der Waals surface area contributed by atoms with E-state index in [-0.39, 0.29) is 23.3 Å². The predicted octanol–water partition coefficient (Wildman–Crippen LogP) is 5.24. The van der Waals surface area contributed by atoms with Gasteiger partial charge in [0.15, 0.2) is 0 Å². The quantitative estimate of drug-likeness (QED) is 0.200. The second-order valence-electron chi connectivity index (χ2n) is 7.28. The summed E-state index contributed by atoms with van der Waals surface area (Å²) in [6.45, 7) is 4.87. The number of nitrogens with zero attached hydrogens (tertiary/aromatic N) is 1. The molecule has 3 rings (SSSR count). The lowest BCUT2D eigenvalue weighted by Gasteiger charge is -2.23. The van der Waals surface area contributed by atoms with Gasteiger partial charge in [-0.25, -0.2) is 4.57 Å². The van der Waals surface area contributed by atoms with Crippen LogP contribution in [0.2, 0.25) is 0 Å². The van der Waals surface area contributed by atoms with Crippen LogP contribution >= 0.6 is 7.75 Å². The van der Waals surface area contributed by atoms with E-state index >= 15 is 0 Å². The molecule has 0 heterocycles. The molecule has 0 aliphatic rings. The Balaban J connectivity index is 1.88. The fraction of sp³-hybridized carbons (Fsp3) is 0.227. The average molecular weight is 458 g/mol. The predicted molar refractivity (Wildman–Crippen MR) is 120 cm³/mol. The summed E-state index contributed by atoms with van der Waals surface area (Å²) in [5.74, 6) is -0.308. The van der Waals surface area contributed by atoms with E-state index in [4.69, 9.17) is 13.8 Å². The maximum absolute atomic E-state index is 13.6. The van der Waals surface area contributed by atoms with E-state index in [0.29, 0.717) is 0 Å². The van der Waals surface area contributed by atoms with Crippen LogP contribution in [0.15, 0.2) is 66.7 Å². The van der Waals surface area contributed by atoms with Crippen molar-refractivity contribution in [2.75, 3.05) is 0 Å². The van der Waals surface area contributed by atoms with Crippen LogP contribution in [0.4, 0.5) is 5.69 Å². The normalized spacial score (nSPS) is 13.9. The highest BCUT2D eigenvalue weighted by Crippen LogP contribution is 2.46. The van der Waals surface area contributed by atoms with Gasteiger partial charge in [-0.2, -0.15) is 5.09 Å². The minimum absolute atomic E-state index is 0.0663. The van der Waals surface area contributed by atoms with Gasteiger partial charge >= 0.3 is 13.7 Å². The smallest absolute Gasteiger partial charge is 0.462 e. The van der Waals surface area contributed by atoms with Gasteiger partial charge in [0.1, 0.15) is 17.5 Å². The Bertz CT molecular complexity index is 1160. The van der Waals surface area contributed by atoms with Crippen molar-refractivity contribution in [2.45, 2.75) is 32.9 Å². The number of fused-ring (bicyclic) bond motifs is 1. The number of nitro benzene ring substituents is 1. The van der Waals surface area contributed by atoms with Gasteiger partial charge in [0, 0.05) is 12.1 Å². The number of benzene rings is 3. The molecular weight excluding hydrogens is 435 g/mol. The summed E-state index contributed by atoms with van der Waals surface area (Å²) in [6, 6.07) is 16.7. The molecule has 10 heteroatoms. The second-order valence-corrected chi connectivity index (χ2v) is 8.89. The Labute approximate surface area is 185 Å². The van der Waals surface area contributed by atoms with Gasteiger partial charge in [0.25, 0.3) is 5.69 Å². The first-order valence-electron chi connectivity index (χ1n) is 9.86. The minimum Gasteiger partial charge on any atom is -0.462 e. The summed E-state index contributed by atoms with van der Waals surface area (Å²) >= 11 is 0. The van der Waals surface area contributed by atoms with Crippen LogP contribution in [0.25, 0.3) is 10.8 Å². The van der Waals surface area contributed by atoms with Gasteiger partial charge < -0.3 is 13.8 Å². The maximum atomic E-state index is 13.6. The molecule has 1 unspecified atom stereocenters. The summed E-state index contributed by atoms with van der Waals surface area (Å²) in [7, 11) is -4.15. The SMILES string of the molecule is CC(C)OC(=O)[C@H](C)NP(=O)(Oc1ccc([N+](=O)[O-])cc1)Oc1ccc2ccccc2c1. The number of esters is 1. The number of rotatable bonds is 9. The molecular formula is C22H23N2O7P. The van der Waals surface area contributed by atoms with Crippen LogP contribution in [0.5, 0.6) is 11.5 Å². The summed E-state index contributed by atoms with van der Waals surface area (Å²) in [5, 5.41) is 15.3. The van der Waals surface area contributed by atoms with E-state index in [1.165, 1.54) is 31.2 Å². The van der Waals surface area contributed by atoms with Crippen molar-refractivity contribution in [3.63, 3.8) is 0 Å². The third kappa shape index (κ3) is 6.06. The zero-order chi connectivity index (χ0) is 23.3. The van der Waals surface area contributed by atoms with Crippen LogP contribution in [0.3, 0.4) is 0 Å². The van der Waals surface area contributed by atoms with Gasteiger partial charge in [-0.1, -0.05) is 30.3 Å². The van der Waals surface area contributed by atoms with Crippen molar-refractivity contribution in [2.24, 2.45) is 0 Å². The highest BCUT2D eigenvalue weighted by Gasteiger charge is 2.34. The second kappa shape index (κ2) is 9.80. The molecule has 0 radical (unpaired) electrons. The van der Waals surface area contributed by atoms with E-state index in [0.717, 1.165) is 10.8 Å². The lowest BCUT2D eigenvalue weighted by Crippen LogP contribution is -2.36. The number of hydrogen-bond donors (Lipinski definition) is 1. The minimum atomic E-state index is -4.15. The van der Waals surface area contributed by atoms with Gasteiger partial charge in [-0.3, -0.25) is 14.9 Å². The molecule has 32 heavy (non-hydrogen) atoms. The van der Waals surface area contributed by atoms with Gasteiger partial charge in [-0.05, 0) is 55.8 Å². The Kier molecular flexibility index (Phi) is 7.12. The molecule has 3 aromatic rings. The molecule has 0 aliphatic carbocycles. The summed E-state index contributed by atoms with van der Waals surface area (Å²) in [4.78, 5) is 22.6. The van der Waals surface area contributed by atoms with Crippen molar-refractivity contribution in [3.8, 4) is 11.5 Å². The number of non-ortho nitro benzene ring substituents is 1. The van der Waals surface area contributed by atoms with E-state index in [9.17, 15) is 19.5 Å². The first kappa shape index (κ1) is 23.2.